The van der Waals surface area contributed by atoms with Crippen molar-refractivity contribution in [3.8, 4) is 0 Å². The van der Waals surface area contributed by atoms with Gasteiger partial charge in [-0.15, -0.1) is 0 Å². The zero-order valence-corrected chi connectivity index (χ0v) is 29.0. The van der Waals surface area contributed by atoms with Gasteiger partial charge in [0, 0.05) is 48.6 Å². The van der Waals surface area contributed by atoms with Crippen molar-refractivity contribution in [2.45, 2.75) is 74.0 Å². The SMILES string of the molecule is O=C(CCCCCNC(=O)c1ccccc1SSc1ccccc1C(=O)NCCCCCC(=O)Cc1ccccc1)Cc1ccccc1. The lowest BCUT2D eigenvalue weighted by molar-refractivity contribution is -0.119. The quantitative estimate of drug-likeness (QED) is 0.0676. The minimum atomic E-state index is -0.133. The van der Waals surface area contributed by atoms with Gasteiger partial charge in [0.25, 0.3) is 11.8 Å². The molecular weight excluding hydrogens is 637 g/mol. The van der Waals surface area contributed by atoms with Crippen molar-refractivity contribution in [1.82, 2.24) is 10.6 Å². The summed E-state index contributed by atoms with van der Waals surface area (Å²) < 4.78 is 0. The number of ketones is 2. The minimum Gasteiger partial charge on any atom is -0.352 e. The molecule has 2 amide bonds. The molecule has 48 heavy (non-hydrogen) atoms. The lowest BCUT2D eigenvalue weighted by atomic mass is 10.0. The summed E-state index contributed by atoms with van der Waals surface area (Å²) in [5.41, 5.74) is 3.28. The van der Waals surface area contributed by atoms with Crippen molar-refractivity contribution < 1.29 is 19.2 Å². The van der Waals surface area contributed by atoms with Gasteiger partial charge in [0.1, 0.15) is 11.6 Å². The first-order valence-corrected chi connectivity index (χ1v) is 18.8. The molecule has 0 aromatic heterocycles. The van der Waals surface area contributed by atoms with E-state index in [0.29, 0.717) is 49.9 Å². The maximum Gasteiger partial charge on any atom is 0.252 e. The predicted octanol–water partition coefficient (Wildman–Crippen LogP) is 8.69. The lowest BCUT2D eigenvalue weighted by Crippen LogP contribution is -2.25. The Morgan fingerprint density at radius 1 is 0.438 bits per heavy atom. The van der Waals surface area contributed by atoms with E-state index < -0.39 is 0 Å². The Balaban J connectivity index is 1.15. The van der Waals surface area contributed by atoms with Crippen molar-refractivity contribution in [2.75, 3.05) is 13.1 Å². The van der Waals surface area contributed by atoms with Crippen LogP contribution in [-0.4, -0.2) is 36.5 Å². The van der Waals surface area contributed by atoms with Crippen molar-refractivity contribution >= 4 is 45.0 Å². The first-order chi connectivity index (χ1) is 23.5. The molecule has 0 radical (unpaired) electrons. The second-order valence-electron chi connectivity index (χ2n) is 11.7. The van der Waals surface area contributed by atoms with Crippen LogP contribution in [0.3, 0.4) is 0 Å². The molecule has 0 aliphatic rings. The normalized spacial score (nSPS) is 10.8. The van der Waals surface area contributed by atoms with Crippen LogP contribution in [0.25, 0.3) is 0 Å². The summed E-state index contributed by atoms with van der Waals surface area (Å²) in [7, 11) is 2.91. The van der Waals surface area contributed by atoms with Gasteiger partial charge in [-0.1, -0.05) is 119 Å². The number of hydrogen-bond donors (Lipinski definition) is 2. The van der Waals surface area contributed by atoms with E-state index in [-0.39, 0.29) is 23.4 Å². The van der Waals surface area contributed by atoms with Crippen LogP contribution < -0.4 is 10.6 Å². The molecule has 0 spiro atoms. The van der Waals surface area contributed by atoms with E-state index in [0.717, 1.165) is 59.4 Å². The molecule has 0 aliphatic heterocycles. The summed E-state index contributed by atoms with van der Waals surface area (Å²) >= 11 is 0. The van der Waals surface area contributed by atoms with Crippen molar-refractivity contribution in [3.05, 3.63) is 131 Å². The first kappa shape index (κ1) is 36.7. The standard InChI is InChI=1S/C40H44N2O4S2/c43-33(29-31-17-5-1-6-18-31)21-9-3-15-27-41-39(45)35-23-11-13-25-37(35)47-48-38-26-14-12-24-36(38)40(46)42-28-16-4-10-22-34(44)30-32-19-7-2-8-20-32/h1-2,5-8,11-14,17-20,23-26H,3-4,9-10,15-16,21-22,27-30H2,(H,41,45)(H,42,46). The topological polar surface area (TPSA) is 92.3 Å². The predicted molar refractivity (Wildman–Crippen MR) is 197 cm³/mol. The van der Waals surface area contributed by atoms with Gasteiger partial charge in [0.15, 0.2) is 0 Å². The molecular formula is C40H44N2O4S2. The molecule has 4 aromatic carbocycles. The number of unbranched alkanes of at least 4 members (excludes halogenated alkanes) is 4. The molecule has 0 saturated heterocycles. The summed E-state index contributed by atoms with van der Waals surface area (Å²) in [5, 5.41) is 6.04. The number of amides is 2. The Bertz CT molecular complexity index is 1490. The monoisotopic (exact) mass is 680 g/mol. The average molecular weight is 681 g/mol. The first-order valence-electron chi connectivity index (χ1n) is 16.7. The zero-order chi connectivity index (χ0) is 33.8. The van der Waals surface area contributed by atoms with Crippen LogP contribution in [0.5, 0.6) is 0 Å². The fourth-order valence-electron chi connectivity index (χ4n) is 5.21. The molecule has 0 fully saturated rings. The van der Waals surface area contributed by atoms with Crippen LogP contribution in [0.4, 0.5) is 0 Å². The summed E-state index contributed by atoms with van der Waals surface area (Å²) in [4.78, 5) is 52.2. The van der Waals surface area contributed by atoms with Crippen molar-refractivity contribution in [2.24, 2.45) is 0 Å². The second kappa shape index (κ2) is 21.0. The van der Waals surface area contributed by atoms with Crippen molar-refractivity contribution in [3.63, 3.8) is 0 Å². The van der Waals surface area contributed by atoms with Gasteiger partial charge in [0.2, 0.25) is 0 Å². The molecule has 6 nitrogen and oxygen atoms in total. The maximum atomic E-state index is 13.0. The number of carbonyl (C=O) groups excluding carboxylic acids is 4. The van der Waals surface area contributed by atoms with Crippen molar-refractivity contribution in [1.29, 1.82) is 0 Å². The van der Waals surface area contributed by atoms with E-state index in [1.54, 1.807) is 0 Å². The largest absolute Gasteiger partial charge is 0.352 e. The molecule has 4 aromatic rings. The van der Waals surface area contributed by atoms with E-state index in [9.17, 15) is 19.2 Å². The van der Waals surface area contributed by atoms with Crippen LogP contribution in [0.2, 0.25) is 0 Å². The maximum absolute atomic E-state index is 13.0. The van der Waals surface area contributed by atoms with Gasteiger partial charge >= 0.3 is 0 Å². The van der Waals surface area contributed by atoms with Gasteiger partial charge in [-0.2, -0.15) is 0 Å². The molecule has 4 rings (SSSR count). The number of hydrogen-bond acceptors (Lipinski definition) is 6. The molecule has 0 aliphatic carbocycles. The van der Waals surface area contributed by atoms with E-state index in [4.69, 9.17) is 0 Å². The highest BCUT2D eigenvalue weighted by molar-refractivity contribution is 8.76. The summed E-state index contributed by atoms with van der Waals surface area (Å²) in [6, 6.07) is 34.6. The Morgan fingerprint density at radius 2 is 0.812 bits per heavy atom. The van der Waals surface area contributed by atoms with Crippen LogP contribution in [0, 0.1) is 0 Å². The third-order valence-corrected chi connectivity index (χ3v) is 10.3. The highest BCUT2D eigenvalue weighted by Gasteiger charge is 2.15. The Morgan fingerprint density at radius 3 is 1.23 bits per heavy atom. The molecule has 0 unspecified atom stereocenters. The van der Waals surface area contributed by atoms with E-state index in [2.05, 4.69) is 10.6 Å². The van der Waals surface area contributed by atoms with Crippen LogP contribution >= 0.6 is 21.6 Å². The zero-order valence-electron chi connectivity index (χ0n) is 27.3. The number of carbonyl (C=O) groups is 4. The molecule has 8 heteroatoms. The third-order valence-electron chi connectivity index (χ3n) is 7.81. The number of nitrogens with one attached hydrogen (secondary N) is 2. The number of benzene rings is 4. The summed E-state index contributed by atoms with van der Waals surface area (Å²) in [5.74, 6) is 0.220. The Labute approximate surface area is 292 Å². The van der Waals surface area contributed by atoms with Gasteiger partial charge in [-0.05, 0) is 61.1 Å². The van der Waals surface area contributed by atoms with Gasteiger partial charge < -0.3 is 10.6 Å². The highest BCUT2D eigenvalue weighted by Crippen LogP contribution is 2.40. The van der Waals surface area contributed by atoms with E-state index in [1.807, 2.05) is 109 Å². The molecule has 0 heterocycles. The lowest BCUT2D eigenvalue weighted by Gasteiger charge is -2.12. The van der Waals surface area contributed by atoms with E-state index in [1.165, 1.54) is 21.6 Å². The summed E-state index contributed by atoms with van der Waals surface area (Å²) in [6.45, 7) is 1.09. The van der Waals surface area contributed by atoms with Crippen LogP contribution in [-0.2, 0) is 22.4 Å². The highest BCUT2D eigenvalue weighted by atomic mass is 33.1. The van der Waals surface area contributed by atoms with Gasteiger partial charge in [-0.25, -0.2) is 0 Å². The van der Waals surface area contributed by atoms with E-state index >= 15 is 0 Å². The number of Topliss-reactive ketones (excluding diaryl/α,β-unsaturated/α-hetero) is 2. The smallest absolute Gasteiger partial charge is 0.252 e. The fourth-order valence-corrected chi connectivity index (χ4v) is 7.57. The Hall–Kier alpha value is -4.14. The van der Waals surface area contributed by atoms with Gasteiger partial charge in [0.05, 0.1) is 11.1 Å². The van der Waals surface area contributed by atoms with Gasteiger partial charge in [-0.3, -0.25) is 19.2 Å². The second-order valence-corrected chi connectivity index (χ2v) is 13.9. The molecule has 2 N–H and O–H groups in total. The third kappa shape index (κ3) is 13.2. The van der Waals surface area contributed by atoms with Crippen LogP contribution in [0.1, 0.15) is 83.2 Å². The number of rotatable bonds is 21. The minimum absolute atomic E-state index is 0.133. The van der Waals surface area contributed by atoms with Crippen LogP contribution in [0.15, 0.2) is 119 Å². The fraction of sp³-hybridized carbons (Fsp3) is 0.300. The molecule has 0 atom stereocenters. The molecule has 250 valence electrons. The Kier molecular flexibility index (Phi) is 16.0. The molecule has 0 bridgehead atoms. The summed E-state index contributed by atoms with van der Waals surface area (Å²) in [6.07, 6.45) is 7.04. The molecule has 0 saturated carbocycles. The average Bonchev–Trinajstić information content (AvgIpc) is 3.11.